The number of carbonyl (C=O) groups is 1. The zero-order valence-electron chi connectivity index (χ0n) is 14.4. The fourth-order valence-corrected chi connectivity index (χ4v) is 3.93. The van der Waals surface area contributed by atoms with Crippen LogP contribution in [0.25, 0.3) is 0 Å². The summed E-state index contributed by atoms with van der Waals surface area (Å²) in [5.41, 5.74) is 0.768. The number of benzene rings is 2. The number of nitrogens with one attached hydrogen (secondary N) is 1. The first-order chi connectivity index (χ1) is 12.1. The number of sulfonamides is 1. The Morgan fingerprint density at radius 1 is 1.15 bits per heavy atom. The monoisotopic (exact) mass is 416 g/mol. The molecule has 1 atom stereocenters. The zero-order chi connectivity index (χ0) is 19.5. The number of rotatable bonds is 6. The summed E-state index contributed by atoms with van der Waals surface area (Å²) in [6.07, 6.45) is 1.03. The Labute approximate surface area is 162 Å². The van der Waals surface area contributed by atoms with Crippen molar-refractivity contribution in [2.75, 3.05) is 23.0 Å². The molecule has 0 spiro atoms. The highest BCUT2D eigenvalue weighted by Gasteiger charge is 2.29. The second kappa shape index (κ2) is 8.16. The summed E-state index contributed by atoms with van der Waals surface area (Å²) in [7, 11) is -2.29. The Bertz CT molecular complexity index is 901. The molecule has 0 aliphatic heterocycles. The maximum absolute atomic E-state index is 12.6. The van der Waals surface area contributed by atoms with Crippen molar-refractivity contribution in [3.63, 3.8) is 0 Å². The number of amides is 1. The lowest BCUT2D eigenvalue weighted by atomic mass is 10.2. The van der Waals surface area contributed by atoms with E-state index in [2.05, 4.69) is 5.32 Å². The van der Waals surface area contributed by atoms with Crippen LogP contribution in [-0.2, 0) is 14.8 Å². The van der Waals surface area contributed by atoms with Gasteiger partial charge in [0.25, 0.3) is 0 Å². The Morgan fingerprint density at radius 3 is 2.27 bits per heavy atom. The summed E-state index contributed by atoms with van der Waals surface area (Å²) in [4.78, 5) is 12.6. The third-order valence-corrected chi connectivity index (χ3v) is 5.38. The quantitative estimate of drug-likeness (QED) is 0.776. The van der Waals surface area contributed by atoms with Crippen LogP contribution in [0.4, 0.5) is 11.4 Å². The second-order valence-corrected chi connectivity index (χ2v) is 8.25. The maximum atomic E-state index is 12.6. The highest BCUT2D eigenvalue weighted by atomic mass is 35.5. The van der Waals surface area contributed by atoms with Gasteiger partial charge in [-0.25, -0.2) is 8.42 Å². The minimum atomic E-state index is -3.75. The fourth-order valence-electron chi connectivity index (χ4n) is 2.38. The average molecular weight is 417 g/mol. The largest absolute Gasteiger partial charge is 0.495 e. The second-order valence-electron chi connectivity index (χ2n) is 5.55. The lowest BCUT2D eigenvalue weighted by molar-refractivity contribution is -0.116. The number of methoxy groups -OCH3 is 1. The minimum absolute atomic E-state index is 0.240. The number of ether oxygens (including phenoxy) is 1. The summed E-state index contributed by atoms with van der Waals surface area (Å²) in [5, 5.41) is 3.44. The maximum Gasteiger partial charge on any atom is 0.247 e. The molecule has 6 nitrogen and oxygen atoms in total. The molecule has 9 heteroatoms. The number of hydrogen-bond donors (Lipinski definition) is 1. The minimum Gasteiger partial charge on any atom is -0.495 e. The number of halogens is 2. The Morgan fingerprint density at radius 2 is 1.77 bits per heavy atom. The van der Waals surface area contributed by atoms with Gasteiger partial charge >= 0.3 is 0 Å². The van der Waals surface area contributed by atoms with Gasteiger partial charge in [0.2, 0.25) is 15.9 Å². The van der Waals surface area contributed by atoms with E-state index in [4.69, 9.17) is 27.9 Å². The van der Waals surface area contributed by atoms with E-state index in [9.17, 15) is 13.2 Å². The fraction of sp³-hybridized carbons (Fsp3) is 0.235. The van der Waals surface area contributed by atoms with Crippen molar-refractivity contribution < 1.29 is 17.9 Å². The van der Waals surface area contributed by atoms with Gasteiger partial charge < -0.3 is 10.1 Å². The molecule has 0 aromatic heterocycles. The van der Waals surface area contributed by atoms with Gasteiger partial charge in [0.05, 0.1) is 24.1 Å². The van der Waals surface area contributed by atoms with Gasteiger partial charge in [0, 0.05) is 10.7 Å². The van der Waals surface area contributed by atoms with Gasteiger partial charge in [-0.3, -0.25) is 9.10 Å². The smallest absolute Gasteiger partial charge is 0.247 e. The molecule has 140 valence electrons. The SMILES string of the molecule is COc1ccc(N([C@H](C)C(=O)Nc2ccc(Cl)cc2)S(C)(=O)=O)cc1Cl. The number of hydrogen-bond acceptors (Lipinski definition) is 4. The number of anilines is 2. The van der Waals surface area contributed by atoms with Crippen molar-refractivity contribution >= 4 is 50.5 Å². The van der Waals surface area contributed by atoms with E-state index < -0.39 is 22.0 Å². The van der Waals surface area contributed by atoms with Crippen LogP contribution < -0.4 is 14.4 Å². The van der Waals surface area contributed by atoms with E-state index in [0.717, 1.165) is 10.6 Å². The summed E-state index contributed by atoms with van der Waals surface area (Å²) in [6, 6.07) is 10.00. The molecule has 0 bridgehead atoms. The first-order valence-electron chi connectivity index (χ1n) is 7.53. The Hall–Kier alpha value is -1.96. The van der Waals surface area contributed by atoms with Crippen LogP contribution in [0, 0.1) is 0 Å². The Balaban J connectivity index is 2.32. The van der Waals surface area contributed by atoms with Crippen molar-refractivity contribution in [2.24, 2.45) is 0 Å². The van der Waals surface area contributed by atoms with Crippen LogP contribution in [0.5, 0.6) is 5.75 Å². The topological polar surface area (TPSA) is 75.7 Å². The van der Waals surface area contributed by atoms with Gasteiger partial charge in [0.1, 0.15) is 11.8 Å². The predicted molar refractivity (Wildman–Crippen MR) is 105 cm³/mol. The molecular weight excluding hydrogens is 399 g/mol. The molecule has 0 saturated carbocycles. The third-order valence-electron chi connectivity index (χ3n) is 3.59. The van der Waals surface area contributed by atoms with Crippen LogP contribution in [0.2, 0.25) is 10.0 Å². The molecule has 1 amide bonds. The van der Waals surface area contributed by atoms with Crippen molar-refractivity contribution in [3.05, 3.63) is 52.5 Å². The van der Waals surface area contributed by atoms with Gasteiger partial charge in [-0.15, -0.1) is 0 Å². The van der Waals surface area contributed by atoms with Gasteiger partial charge in [-0.2, -0.15) is 0 Å². The number of carbonyl (C=O) groups excluding carboxylic acids is 1. The van der Waals surface area contributed by atoms with Crippen LogP contribution in [-0.4, -0.2) is 33.7 Å². The summed E-state index contributed by atoms with van der Waals surface area (Å²) in [5.74, 6) is -0.0909. The standard InChI is InChI=1S/C17H18Cl2N2O4S/c1-11(17(22)20-13-6-4-12(18)5-7-13)21(26(3,23)24)14-8-9-16(25-2)15(19)10-14/h4-11H,1-3H3,(H,20,22)/t11-/m1/s1. The molecule has 2 rings (SSSR count). The number of nitrogens with zero attached hydrogens (tertiary/aromatic N) is 1. The molecule has 1 N–H and O–H groups in total. The molecule has 0 saturated heterocycles. The van der Waals surface area contributed by atoms with E-state index in [1.54, 1.807) is 30.3 Å². The molecule has 0 fully saturated rings. The lowest BCUT2D eigenvalue weighted by Crippen LogP contribution is -2.45. The summed E-state index contributed by atoms with van der Waals surface area (Å²) in [6.45, 7) is 1.49. The van der Waals surface area contributed by atoms with Crippen LogP contribution in [0.1, 0.15) is 6.92 Å². The van der Waals surface area contributed by atoms with Gasteiger partial charge in [-0.1, -0.05) is 23.2 Å². The first kappa shape index (κ1) is 20.4. The van der Waals surface area contributed by atoms with Crippen LogP contribution >= 0.6 is 23.2 Å². The predicted octanol–water partition coefficient (Wildman–Crippen LogP) is 3.80. The van der Waals surface area contributed by atoms with E-state index in [0.29, 0.717) is 16.5 Å². The molecule has 0 heterocycles. The van der Waals surface area contributed by atoms with E-state index >= 15 is 0 Å². The van der Waals surface area contributed by atoms with Crippen molar-refractivity contribution in [2.45, 2.75) is 13.0 Å². The van der Waals surface area contributed by atoms with Crippen LogP contribution in [0.3, 0.4) is 0 Å². The molecule has 0 aliphatic carbocycles. The normalized spacial score (nSPS) is 12.3. The molecule has 0 radical (unpaired) electrons. The molecule has 2 aromatic rings. The highest BCUT2D eigenvalue weighted by Crippen LogP contribution is 2.31. The Kier molecular flexibility index (Phi) is 6.39. The molecule has 2 aromatic carbocycles. The average Bonchev–Trinajstić information content (AvgIpc) is 2.56. The third kappa shape index (κ3) is 4.81. The lowest BCUT2D eigenvalue weighted by Gasteiger charge is -2.28. The molecular formula is C17H18Cl2N2O4S. The van der Waals surface area contributed by atoms with Crippen molar-refractivity contribution in [3.8, 4) is 5.75 Å². The van der Waals surface area contributed by atoms with Crippen molar-refractivity contribution in [1.29, 1.82) is 0 Å². The van der Waals surface area contributed by atoms with E-state index in [1.807, 2.05) is 0 Å². The molecule has 26 heavy (non-hydrogen) atoms. The van der Waals surface area contributed by atoms with Crippen LogP contribution in [0.15, 0.2) is 42.5 Å². The van der Waals surface area contributed by atoms with Gasteiger partial charge in [0.15, 0.2) is 0 Å². The van der Waals surface area contributed by atoms with E-state index in [-0.39, 0.29) is 10.7 Å². The highest BCUT2D eigenvalue weighted by molar-refractivity contribution is 7.92. The summed E-state index contributed by atoms with van der Waals surface area (Å²) >= 11 is 11.9. The zero-order valence-corrected chi connectivity index (χ0v) is 16.7. The molecule has 0 aliphatic rings. The summed E-state index contributed by atoms with van der Waals surface area (Å²) < 4.78 is 30.7. The van der Waals surface area contributed by atoms with E-state index in [1.165, 1.54) is 26.2 Å². The van der Waals surface area contributed by atoms with Gasteiger partial charge in [-0.05, 0) is 49.4 Å². The molecule has 0 unspecified atom stereocenters. The van der Waals surface area contributed by atoms with Crippen molar-refractivity contribution in [1.82, 2.24) is 0 Å². The first-order valence-corrected chi connectivity index (χ1v) is 10.1.